The maximum Gasteiger partial charge on any atom is 0.303 e. The molecule has 0 radical (unpaired) electrons. The van der Waals surface area contributed by atoms with E-state index < -0.39 is 5.97 Å². The number of hydrogen-bond acceptors (Lipinski definition) is 3. The first-order chi connectivity index (χ1) is 13.2. The average Bonchev–Trinajstić information content (AvgIpc) is 2.98. The average molecular weight is 393 g/mol. The molecule has 0 unspecified atom stereocenters. The second-order valence-electron chi connectivity index (χ2n) is 11.4. The maximum absolute atomic E-state index is 11.2. The fraction of sp³-hybridized carbons (Fsp3) is 0.958. The molecule has 4 fully saturated rings. The lowest BCUT2D eigenvalue weighted by molar-refractivity contribution is -0.174. The van der Waals surface area contributed by atoms with Gasteiger partial charge in [-0.1, -0.05) is 20.8 Å². The summed E-state index contributed by atoms with van der Waals surface area (Å²) in [4.78, 5) is 11.1. The van der Waals surface area contributed by atoms with E-state index in [4.69, 9.17) is 5.11 Å². The molecule has 0 aromatic carbocycles. The van der Waals surface area contributed by atoms with Crippen molar-refractivity contribution in [2.75, 3.05) is 0 Å². The number of aliphatic carboxylic acids is 1. The third-order valence-electron chi connectivity index (χ3n) is 10.2. The second kappa shape index (κ2) is 7.27. The van der Waals surface area contributed by atoms with Crippen molar-refractivity contribution in [1.29, 1.82) is 0 Å². The van der Waals surface area contributed by atoms with Gasteiger partial charge in [0.25, 0.3) is 0 Å². The zero-order valence-corrected chi connectivity index (χ0v) is 17.9. The lowest BCUT2D eigenvalue weighted by Crippen LogP contribution is -2.58. The first-order valence-corrected chi connectivity index (χ1v) is 11.7. The molecule has 0 spiro atoms. The number of rotatable bonds is 4. The maximum atomic E-state index is 11.2. The summed E-state index contributed by atoms with van der Waals surface area (Å²) in [6.45, 7) is 7.16. The minimum atomic E-state index is -0.684. The van der Waals surface area contributed by atoms with Gasteiger partial charge in [0.1, 0.15) is 0 Å². The smallest absolute Gasteiger partial charge is 0.303 e. The first kappa shape index (κ1) is 20.7. The summed E-state index contributed by atoms with van der Waals surface area (Å²) in [5.41, 5.74) is 0.523. The van der Waals surface area contributed by atoms with Crippen molar-refractivity contribution in [3.05, 3.63) is 0 Å². The van der Waals surface area contributed by atoms with E-state index in [1.165, 1.54) is 25.7 Å². The Morgan fingerprint density at radius 3 is 2.39 bits per heavy atom. The monoisotopic (exact) mass is 392 g/mol. The molecule has 4 saturated carbocycles. The fourth-order valence-electron chi connectivity index (χ4n) is 8.73. The Balaban J connectivity index is 1.55. The molecule has 0 saturated heterocycles. The third-order valence-corrected chi connectivity index (χ3v) is 10.2. The molecule has 28 heavy (non-hydrogen) atoms. The zero-order valence-electron chi connectivity index (χ0n) is 17.9. The zero-order chi connectivity index (χ0) is 20.3. The molecule has 0 amide bonds. The van der Waals surface area contributed by atoms with Crippen molar-refractivity contribution in [2.45, 2.75) is 97.2 Å². The summed E-state index contributed by atoms with van der Waals surface area (Å²) >= 11 is 0. The molecule has 0 heterocycles. The molecular weight excluding hydrogens is 352 g/mol. The Morgan fingerprint density at radius 1 is 1.00 bits per heavy atom. The van der Waals surface area contributed by atoms with Crippen LogP contribution in [0.1, 0.15) is 85.0 Å². The number of carbonyl (C=O) groups is 1. The number of hydrogen-bond donors (Lipinski definition) is 3. The standard InChI is InChI=1S/C24H40O4/c1-14(4-7-21(27)28)17-5-6-18-22-19(9-11-24(17,18)3)23(2)10-8-16(25)12-15(23)13-20(22)26/h14-20,22,25-26H,4-13H2,1-3H3,(H,27,28)/t14-,15+,16-,17-,18+,19-,20-,22-,23+,24-/m1/s1. The van der Waals surface area contributed by atoms with Crippen LogP contribution in [0.25, 0.3) is 0 Å². The van der Waals surface area contributed by atoms with Crippen LogP contribution in [-0.2, 0) is 4.79 Å². The van der Waals surface area contributed by atoms with E-state index in [1.54, 1.807) is 0 Å². The number of aliphatic hydroxyl groups excluding tert-OH is 2. The topological polar surface area (TPSA) is 77.8 Å². The van der Waals surface area contributed by atoms with E-state index in [0.29, 0.717) is 35.5 Å². The highest BCUT2D eigenvalue weighted by molar-refractivity contribution is 5.66. The second-order valence-corrected chi connectivity index (χ2v) is 11.4. The lowest BCUT2D eigenvalue weighted by atomic mass is 9.43. The van der Waals surface area contributed by atoms with Crippen LogP contribution in [-0.4, -0.2) is 33.5 Å². The van der Waals surface area contributed by atoms with Crippen LogP contribution in [0.15, 0.2) is 0 Å². The van der Waals surface area contributed by atoms with Crippen LogP contribution in [0.5, 0.6) is 0 Å². The third kappa shape index (κ3) is 3.14. The molecule has 160 valence electrons. The summed E-state index contributed by atoms with van der Waals surface area (Å²) in [7, 11) is 0. The molecule has 3 N–H and O–H groups in total. The number of aliphatic hydroxyl groups is 2. The van der Waals surface area contributed by atoms with E-state index in [1.807, 2.05) is 0 Å². The Kier molecular flexibility index (Phi) is 5.36. The predicted octanol–water partition coefficient (Wildman–Crippen LogP) is 4.48. The van der Waals surface area contributed by atoms with Crippen molar-refractivity contribution in [1.82, 2.24) is 0 Å². The van der Waals surface area contributed by atoms with Gasteiger partial charge in [-0.2, -0.15) is 0 Å². The summed E-state index contributed by atoms with van der Waals surface area (Å²) in [5, 5.41) is 30.5. The summed E-state index contributed by atoms with van der Waals surface area (Å²) < 4.78 is 0. The Morgan fingerprint density at radius 2 is 1.68 bits per heavy atom. The summed E-state index contributed by atoms with van der Waals surface area (Å²) in [5.74, 6) is 2.36. The van der Waals surface area contributed by atoms with Gasteiger partial charge in [-0.15, -0.1) is 0 Å². The molecule has 0 aromatic heterocycles. The molecule has 4 rings (SSSR count). The molecule has 0 aliphatic heterocycles. The highest BCUT2D eigenvalue weighted by Crippen LogP contribution is 2.68. The van der Waals surface area contributed by atoms with Gasteiger partial charge in [0, 0.05) is 6.42 Å². The van der Waals surface area contributed by atoms with Gasteiger partial charge in [0.05, 0.1) is 12.2 Å². The van der Waals surface area contributed by atoms with Crippen LogP contribution in [0.3, 0.4) is 0 Å². The number of fused-ring (bicyclic) bond motifs is 5. The first-order valence-electron chi connectivity index (χ1n) is 11.7. The number of carboxylic acid groups (broad SMARTS) is 1. The molecule has 0 bridgehead atoms. The quantitative estimate of drug-likeness (QED) is 0.659. The van der Waals surface area contributed by atoms with Crippen molar-refractivity contribution in [3.8, 4) is 0 Å². The van der Waals surface area contributed by atoms with E-state index in [0.717, 1.165) is 32.1 Å². The molecule has 0 aromatic rings. The lowest BCUT2D eigenvalue weighted by Gasteiger charge is -2.62. The van der Waals surface area contributed by atoms with Crippen LogP contribution < -0.4 is 0 Å². The van der Waals surface area contributed by atoms with Crippen LogP contribution in [0, 0.1) is 46.3 Å². The molecule has 4 aliphatic carbocycles. The Hall–Kier alpha value is -0.610. The van der Waals surface area contributed by atoms with Gasteiger partial charge >= 0.3 is 5.97 Å². The van der Waals surface area contributed by atoms with Gasteiger partial charge in [-0.25, -0.2) is 0 Å². The van der Waals surface area contributed by atoms with E-state index in [9.17, 15) is 15.0 Å². The van der Waals surface area contributed by atoms with Crippen molar-refractivity contribution in [3.63, 3.8) is 0 Å². The highest BCUT2D eigenvalue weighted by Gasteiger charge is 2.62. The molecular formula is C24H40O4. The van der Waals surface area contributed by atoms with Gasteiger partial charge in [0.2, 0.25) is 0 Å². The number of carboxylic acids is 1. The van der Waals surface area contributed by atoms with Crippen molar-refractivity contribution < 1.29 is 20.1 Å². The van der Waals surface area contributed by atoms with Crippen LogP contribution in [0.4, 0.5) is 0 Å². The van der Waals surface area contributed by atoms with Crippen molar-refractivity contribution >= 4 is 5.97 Å². The van der Waals surface area contributed by atoms with E-state index >= 15 is 0 Å². The molecule has 4 heteroatoms. The van der Waals surface area contributed by atoms with Crippen molar-refractivity contribution in [2.24, 2.45) is 46.3 Å². The van der Waals surface area contributed by atoms with Crippen LogP contribution >= 0.6 is 0 Å². The largest absolute Gasteiger partial charge is 0.481 e. The Bertz CT molecular complexity index is 605. The highest BCUT2D eigenvalue weighted by atomic mass is 16.4. The summed E-state index contributed by atoms with van der Waals surface area (Å²) in [6, 6.07) is 0. The van der Waals surface area contributed by atoms with Gasteiger partial charge in [-0.3, -0.25) is 4.79 Å². The minimum Gasteiger partial charge on any atom is -0.481 e. The molecule has 10 atom stereocenters. The van der Waals surface area contributed by atoms with E-state index in [-0.39, 0.29) is 29.5 Å². The van der Waals surface area contributed by atoms with E-state index in [2.05, 4.69) is 20.8 Å². The normalized spacial score (nSPS) is 51.7. The predicted molar refractivity (Wildman–Crippen MR) is 109 cm³/mol. The SMILES string of the molecule is C[C@H](CCC(=O)O)[C@H]1CC[C@H]2[C@H]3[C@H](O)C[C@@H]4C[C@H](O)CC[C@]4(C)[C@@H]3CC[C@]12C. The van der Waals surface area contributed by atoms with Crippen LogP contribution in [0.2, 0.25) is 0 Å². The molecule has 4 aliphatic rings. The molecule has 4 nitrogen and oxygen atoms in total. The van der Waals surface area contributed by atoms with Gasteiger partial charge in [0.15, 0.2) is 0 Å². The summed E-state index contributed by atoms with van der Waals surface area (Å²) in [6.07, 6.45) is 9.19. The fourth-order valence-corrected chi connectivity index (χ4v) is 8.73. The minimum absolute atomic E-state index is 0.179. The van der Waals surface area contributed by atoms with Gasteiger partial charge in [-0.05, 0) is 104 Å². The Labute approximate surface area is 170 Å². The van der Waals surface area contributed by atoms with Gasteiger partial charge < -0.3 is 15.3 Å².